The van der Waals surface area contributed by atoms with Gasteiger partial charge in [-0.05, 0) is 55.4 Å². The highest BCUT2D eigenvalue weighted by Crippen LogP contribution is 2.48. The third-order valence-electron chi connectivity index (χ3n) is 5.39. The maximum atomic E-state index is 10.4. The van der Waals surface area contributed by atoms with E-state index in [-0.39, 0.29) is 12.7 Å². The van der Waals surface area contributed by atoms with Crippen molar-refractivity contribution in [2.45, 2.75) is 64.4 Å². The Morgan fingerprint density at radius 3 is 3.00 bits per heavy atom. The highest BCUT2D eigenvalue weighted by atomic mass is 16.5. The Kier molecular flexibility index (Phi) is 8.00. The molecule has 2 aliphatic carbocycles. The fraction of sp³-hybridized carbons (Fsp3) is 0.750. The SMILES string of the molecule is CCCCCC(O)C=CC1=CC[C@@H]2C[C@H](CCOCC(=O)O)C[C@@H]12. The summed E-state index contributed by atoms with van der Waals surface area (Å²) in [7, 11) is 0. The van der Waals surface area contributed by atoms with Crippen LogP contribution in [0.5, 0.6) is 0 Å². The number of hydrogen-bond donors (Lipinski definition) is 2. The van der Waals surface area contributed by atoms with Crippen LogP contribution in [0.1, 0.15) is 58.3 Å². The molecule has 0 radical (unpaired) electrons. The molecule has 4 atom stereocenters. The van der Waals surface area contributed by atoms with E-state index >= 15 is 0 Å². The van der Waals surface area contributed by atoms with Gasteiger partial charge in [0.15, 0.2) is 0 Å². The Hall–Kier alpha value is -1.13. The minimum Gasteiger partial charge on any atom is -0.480 e. The number of carboxylic acids is 1. The van der Waals surface area contributed by atoms with E-state index in [0.717, 1.165) is 31.6 Å². The summed E-state index contributed by atoms with van der Waals surface area (Å²) in [6, 6.07) is 0. The third kappa shape index (κ3) is 6.06. The van der Waals surface area contributed by atoms with Gasteiger partial charge in [0.1, 0.15) is 6.61 Å². The first-order valence-corrected chi connectivity index (χ1v) is 9.46. The monoisotopic (exact) mass is 336 g/mol. The lowest BCUT2D eigenvalue weighted by Gasteiger charge is -2.12. The highest BCUT2D eigenvalue weighted by Gasteiger charge is 2.37. The number of fused-ring (bicyclic) bond motifs is 1. The van der Waals surface area contributed by atoms with E-state index < -0.39 is 5.97 Å². The molecular formula is C20H32O4. The van der Waals surface area contributed by atoms with Gasteiger partial charge in [0, 0.05) is 6.61 Å². The zero-order valence-electron chi connectivity index (χ0n) is 14.8. The fourth-order valence-corrected chi connectivity index (χ4v) is 4.11. The van der Waals surface area contributed by atoms with Crippen LogP contribution in [0, 0.1) is 17.8 Å². The Labute approximate surface area is 145 Å². The number of carboxylic acid groups (broad SMARTS) is 1. The Morgan fingerprint density at radius 1 is 1.42 bits per heavy atom. The number of unbranched alkanes of at least 4 members (excludes halogenated alkanes) is 2. The van der Waals surface area contributed by atoms with Crippen molar-refractivity contribution in [1.82, 2.24) is 0 Å². The number of aliphatic carboxylic acids is 1. The van der Waals surface area contributed by atoms with Crippen LogP contribution in [0.3, 0.4) is 0 Å². The molecule has 4 nitrogen and oxygen atoms in total. The van der Waals surface area contributed by atoms with Gasteiger partial charge in [0.05, 0.1) is 6.10 Å². The van der Waals surface area contributed by atoms with E-state index in [1.54, 1.807) is 0 Å². The second kappa shape index (κ2) is 10.00. The van der Waals surface area contributed by atoms with Crippen molar-refractivity contribution in [1.29, 1.82) is 0 Å². The molecular weight excluding hydrogens is 304 g/mol. The van der Waals surface area contributed by atoms with Crippen molar-refractivity contribution in [2.75, 3.05) is 13.2 Å². The predicted molar refractivity (Wildman–Crippen MR) is 94.8 cm³/mol. The number of aliphatic hydroxyl groups is 1. The fourth-order valence-electron chi connectivity index (χ4n) is 4.11. The van der Waals surface area contributed by atoms with Crippen LogP contribution in [0.2, 0.25) is 0 Å². The topological polar surface area (TPSA) is 66.8 Å². The average Bonchev–Trinajstić information content (AvgIpc) is 3.10. The van der Waals surface area contributed by atoms with E-state index in [0.29, 0.717) is 18.4 Å². The quantitative estimate of drug-likeness (QED) is 0.561. The van der Waals surface area contributed by atoms with Crippen LogP contribution in [-0.2, 0) is 9.53 Å². The molecule has 0 saturated heterocycles. The van der Waals surface area contributed by atoms with Crippen molar-refractivity contribution in [3.63, 3.8) is 0 Å². The number of allylic oxidation sites excluding steroid dienone is 3. The molecule has 0 amide bonds. The molecule has 0 aromatic carbocycles. The molecule has 4 heteroatoms. The summed E-state index contributed by atoms with van der Waals surface area (Å²) in [5.74, 6) is 1.09. The number of ether oxygens (including phenoxy) is 1. The van der Waals surface area contributed by atoms with Crippen LogP contribution in [0.25, 0.3) is 0 Å². The van der Waals surface area contributed by atoms with E-state index in [2.05, 4.69) is 19.1 Å². The summed E-state index contributed by atoms with van der Waals surface area (Å²) in [5, 5.41) is 18.6. The molecule has 1 saturated carbocycles. The van der Waals surface area contributed by atoms with E-state index in [1.807, 2.05) is 6.08 Å². The van der Waals surface area contributed by atoms with Crippen LogP contribution < -0.4 is 0 Å². The van der Waals surface area contributed by atoms with E-state index in [4.69, 9.17) is 9.84 Å². The second-order valence-corrected chi connectivity index (χ2v) is 7.30. The molecule has 1 unspecified atom stereocenters. The summed E-state index contributed by atoms with van der Waals surface area (Å²) in [4.78, 5) is 10.4. The molecule has 0 aromatic heterocycles. The Bertz CT molecular complexity index is 455. The zero-order valence-corrected chi connectivity index (χ0v) is 14.8. The summed E-state index contributed by atoms with van der Waals surface area (Å²) in [6.45, 7) is 2.53. The number of carbonyl (C=O) groups is 1. The first-order chi connectivity index (χ1) is 11.6. The largest absolute Gasteiger partial charge is 0.480 e. The number of hydrogen-bond acceptors (Lipinski definition) is 3. The van der Waals surface area contributed by atoms with Crippen molar-refractivity contribution in [2.24, 2.45) is 17.8 Å². The van der Waals surface area contributed by atoms with E-state index in [9.17, 15) is 9.90 Å². The summed E-state index contributed by atoms with van der Waals surface area (Å²) in [6.07, 6.45) is 14.9. The summed E-state index contributed by atoms with van der Waals surface area (Å²) in [5.41, 5.74) is 1.39. The molecule has 136 valence electrons. The molecule has 0 aromatic rings. The molecule has 1 fully saturated rings. The van der Waals surface area contributed by atoms with Crippen LogP contribution >= 0.6 is 0 Å². The highest BCUT2D eigenvalue weighted by molar-refractivity contribution is 5.67. The first-order valence-electron chi connectivity index (χ1n) is 9.46. The Balaban J connectivity index is 1.71. The number of rotatable bonds is 11. The van der Waals surface area contributed by atoms with Crippen LogP contribution in [0.4, 0.5) is 0 Å². The third-order valence-corrected chi connectivity index (χ3v) is 5.39. The van der Waals surface area contributed by atoms with Crippen molar-refractivity contribution >= 4 is 5.97 Å². The first kappa shape index (κ1) is 19.2. The second-order valence-electron chi connectivity index (χ2n) is 7.30. The van der Waals surface area contributed by atoms with Gasteiger partial charge in [0.25, 0.3) is 0 Å². The van der Waals surface area contributed by atoms with E-state index in [1.165, 1.54) is 31.3 Å². The molecule has 0 spiro atoms. The number of aliphatic hydroxyl groups excluding tert-OH is 1. The molecule has 0 heterocycles. The van der Waals surface area contributed by atoms with Gasteiger partial charge in [-0.2, -0.15) is 0 Å². The molecule has 24 heavy (non-hydrogen) atoms. The van der Waals surface area contributed by atoms with Gasteiger partial charge in [-0.1, -0.05) is 44.4 Å². The van der Waals surface area contributed by atoms with Gasteiger partial charge >= 0.3 is 5.97 Å². The molecule has 2 N–H and O–H groups in total. The van der Waals surface area contributed by atoms with Gasteiger partial charge in [-0.3, -0.25) is 0 Å². The van der Waals surface area contributed by atoms with Crippen molar-refractivity contribution in [3.8, 4) is 0 Å². The molecule has 0 bridgehead atoms. The Morgan fingerprint density at radius 2 is 2.25 bits per heavy atom. The predicted octanol–water partition coefficient (Wildman–Crippen LogP) is 3.95. The smallest absolute Gasteiger partial charge is 0.329 e. The van der Waals surface area contributed by atoms with Gasteiger partial charge < -0.3 is 14.9 Å². The lowest BCUT2D eigenvalue weighted by Crippen LogP contribution is -2.10. The lowest BCUT2D eigenvalue weighted by molar-refractivity contribution is -0.142. The normalized spacial score (nSPS) is 27.4. The molecule has 0 aliphatic heterocycles. The minimum absolute atomic E-state index is 0.191. The van der Waals surface area contributed by atoms with Crippen molar-refractivity contribution in [3.05, 3.63) is 23.8 Å². The van der Waals surface area contributed by atoms with Crippen LogP contribution in [0.15, 0.2) is 23.8 Å². The van der Waals surface area contributed by atoms with Crippen LogP contribution in [-0.4, -0.2) is 35.5 Å². The van der Waals surface area contributed by atoms with Gasteiger partial charge in [-0.25, -0.2) is 4.79 Å². The van der Waals surface area contributed by atoms with Crippen molar-refractivity contribution < 1.29 is 19.7 Å². The summed E-state index contributed by atoms with van der Waals surface area (Å²) < 4.78 is 5.17. The average molecular weight is 336 g/mol. The lowest BCUT2D eigenvalue weighted by atomic mass is 9.94. The standard InChI is InChI=1S/C20H32O4/c1-2-3-4-5-18(21)9-8-16-6-7-17-12-15(13-19(16)17)10-11-24-14-20(22)23/h6,8-9,15,17-19,21H,2-5,7,10-14H2,1H3,(H,22,23)/t15-,17+,18?,19-/m0/s1. The molecule has 2 aliphatic rings. The minimum atomic E-state index is -0.897. The maximum absolute atomic E-state index is 10.4. The molecule has 2 rings (SSSR count). The summed E-state index contributed by atoms with van der Waals surface area (Å²) >= 11 is 0. The zero-order chi connectivity index (χ0) is 17.4. The van der Waals surface area contributed by atoms with Gasteiger partial charge in [0.2, 0.25) is 0 Å². The van der Waals surface area contributed by atoms with Gasteiger partial charge in [-0.15, -0.1) is 0 Å². The maximum Gasteiger partial charge on any atom is 0.329 e.